The Morgan fingerprint density at radius 1 is 0.976 bits per heavy atom. The van der Waals surface area contributed by atoms with Crippen LogP contribution in [0, 0.1) is 5.92 Å². The number of amides is 3. The average Bonchev–Trinajstić information content (AvgIpc) is 2.91. The highest BCUT2D eigenvalue weighted by Gasteiger charge is 2.36. The number of alkyl carbamates (subject to hydrolysis) is 1. The molecule has 3 aromatic carbocycles. The minimum Gasteiger partial charge on any atom is -0.444 e. The largest absolute Gasteiger partial charge is 0.444 e. The summed E-state index contributed by atoms with van der Waals surface area (Å²) < 4.78 is 5.45. The van der Waals surface area contributed by atoms with Crippen molar-refractivity contribution >= 4 is 34.4 Å². The topological polar surface area (TPSA) is 87.7 Å². The first kappa shape index (κ1) is 31.4. The first-order chi connectivity index (χ1) is 19.4. The zero-order chi connectivity index (χ0) is 30.2. The Morgan fingerprint density at radius 2 is 1.63 bits per heavy atom. The van der Waals surface area contributed by atoms with E-state index in [-0.39, 0.29) is 24.3 Å². The lowest BCUT2D eigenvalue weighted by Gasteiger charge is -2.34. The molecule has 0 saturated heterocycles. The lowest BCUT2D eigenvalue weighted by Crippen LogP contribution is -2.52. The van der Waals surface area contributed by atoms with E-state index in [4.69, 9.17) is 4.74 Å². The van der Waals surface area contributed by atoms with Gasteiger partial charge in [-0.1, -0.05) is 81.4 Å². The minimum atomic E-state index is -0.965. The fourth-order valence-corrected chi connectivity index (χ4v) is 4.69. The molecule has 0 aliphatic heterocycles. The molecule has 3 amide bonds. The van der Waals surface area contributed by atoms with Gasteiger partial charge in [-0.15, -0.1) is 6.58 Å². The third-order valence-corrected chi connectivity index (χ3v) is 6.59. The SMILES string of the molecule is C=CCN(C(=O)C(CC(C)C)NC(=O)OC(C)(C)C)C(C(=O)Nc1ccc2ccccc2c1)c1ccc(CC)cc1. The summed E-state index contributed by atoms with van der Waals surface area (Å²) in [6.45, 7) is 15.3. The van der Waals surface area contributed by atoms with Gasteiger partial charge < -0.3 is 20.3 Å². The number of nitrogens with one attached hydrogen (secondary N) is 2. The van der Waals surface area contributed by atoms with Crippen molar-refractivity contribution in [2.75, 3.05) is 11.9 Å². The van der Waals surface area contributed by atoms with Crippen LogP contribution in [-0.4, -0.2) is 41.0 Å². The summed E-state index contributed by atoms with van der Waals surface area (Å²) in [7, 11) is 0. The molecular formula is C34H43N3O4. The van der Waals surface area contributed by atoms with E-state index in [0.717, 1.165) is 22.8 Å². The van der Waals surface area contributed by atoms with E-state index < -0.39 is 23.8 Å². The lowest BCUT2D eigenvalue weighted by atomic mass is 9.98. The van der Waals surface area contributed by atoms with Crippen molar-refractivity contribution in [3.05, 3.63) is 90.5 Å². The third kappa shape index (κ3) is 8.93. The molecule has 2 unspecified atom stereocenters. The molecule has 3 rings (SSSR count). The molecule has 0 bridgehead atoms. The molecule has 2 atom stereocenters. The van der Waals surface area contributed by atoms with E-state index in [1.807, 2.05) is 80.6 Å². The van der Waals surface area contributed by atoms with Crippen LogP contribution in [0.25, 0.3) is 10.8 Å². The molecular weight excluding hydrogens is 514 g/mol. The smallest absolute Gasteiger partial charge is 0.408 e. The van der Waals surface area contributed by atoms with Crippen molar-refractivity contribution in [1.82, 2.24) is 10.2 Å². The number of carbonyl (C=O) groups excluding carboxylic acids is 3. The molecule has 218 valence electrons. The second kappa shape index (κ2) is 14.0. The molecule has 0 saturated carbocycles. The van der Waals surface area contributed by atoms with Crippen LogP contribution in [0.4, 0.5) is 10.5 Å². The summed E-state index contributed by atoms with van der Waals surface area (Å²) in [5, 5.41) is 7.84. The highest BCUT2D eigenvalue weighted by atomic mass is 16.6. The van der Waals surface area contributed by atoms with Gasteiger partial charge in [-0.2, -0.15) is 0 Å². The number of anilines is 1. The maximum atomic E-state index is 14.2. The molecule has 2 N–H and O–H groups in total. The van der Waals surface area contributed by atoms with Crippen molar-refractivity contribution < 1.29 is 19.1 Å². The summed E-state index contributed by atoms with van der Waals surface area (Å²) >= 11 is 0. The number of hydrogen-bond acceptors (Lipinski definition) is 4. The van der Waals surface area contributed by atoms with Crippen LogP contribution in [0.15, 0.2) is 79.4 Å². The Morgan fingerprint density at radius 3 is 2.22 bits per heavy atom. The van der Waals surface area contributed by atoms with Gasteiger partial charge in [-0.05, 0) is 73.6 Å². The Hall–Kier alpha value is -4.13. The van der Waals surface area contributed by atoms with Crippen molar-refractivity contribution in [2.24, 2.45) is 5.92 Å². The highest BCUT2D eigenvalue weighted by Crippen LogP contribution is 2.27. The third-order valence-electron chi connectivity index (χ3n) is 6.59. The first-order valence-electron chi connectivity index (χ1n) is 14.2. The van der Waals surface area contributed by atoms with E-state index in [0.29, 0.717) is 17.7 Å². The van der Waals surface area contributed by atoms with Crippen LogP contribution in [0.2, 0.25) is 0 Å². The summed E-state index contributed by atoms with van der Waals surface area (Å²) in [4.78, 5) is 42.4. The van der Waals surface area contributed by atoms with Crippen LogP contribution >= 0.6 is 0 Å². The van der Waals surface area contributed by atoms with E-state index in [2.05, 4.69) is 24.1 Å². The van der Waals surface area contributed by atoms with E-state index in [9.17, 15) is 14.4 Å². The highest BCUT2D eigenvalue weighted by molar-refractivity contribution is 6.00. The monoisotopic (exact) mass is 557 g/mol. The van der Waals surface area contributed by atoms with Crippen molar-refractivity contribution in [2.45, 2.75) is 72.1 Å². The van der Waals surface area contributed by atoms with Crippen LogP contribution < -0.4 is 10.6 Å². The van der Waals surface area contributed by atoms with Gasteiger partial charge in [-0.3, -0.25) is 9.59 Å². The summed E-state index contributed by atoms with van der Waals surface area (Å²) in [6.07, 6.45) is 2.13. The van der Waals surface area contributed by atoms with Crippen LogP contribution in [0.5, 0.6) is 0 Å². The number of benzene rings is 3. The number of aryl methyl sites for hydroxylation is 1. The van der Waals surface area contributed by atoms with Gasteiger partial charge in [0.25, 0.3) is 5.91 Å². The van der Waals surface area contributed by atoms with Gasteiger partial charge in [-0.25, -0.2) is 4.79 Å². The number of nitrogens with zero attached hydrogens (tertiary/aromatic N) is 1. The number of carbonyl (C=O) groups is 3. The predicted molar refractivity (Wildman–Crippen MR) is 166 cm³/mol. The Bertz CT molecular complexity index is 1360. The lowest BCUT2D eigenvalue weighted by molar-refractivity contribution is -0.140. The maximum absolute atomic E-state index is 14.2. The quantitative estimate of drug-likeness (QED) is 0.248. The Kier molecular flexibility index (Phi) is 10.7. The second-order valence-electron chi connectivity index (χ2n) is 11.7. The average molecular weight is 558 g/mol. The molecule has 0 heterocycles. The Labute approximate surface area is 244 Å². The predicted octanol–water partition coefficient (Wildman–Crippen LogP) is 7.04. The minimum absolute atomic E-state index is 0.0955. The molecule has 0 aliphatic carbocycles. The molecule has 0 radical (unpaired) electrons. The summed E-state index contributed by atoms with van der Waals surface area (Å²) in [5.41, 5.74) is 1.68. The van der Waals surface area contributed by atoms with Crippen molar-refractivity contribution in [3.63, 3.8) is 0 Å². The van der Waals surface area contributed by atoms with E-state index in [1.165, 1.54) is 4.90 Å². The van der Waals surface area contributed by atoms with Gasteiger partial charge in [0.1, 0.15) is 17.7 Å². The molecule has 7 heteroatoms. The van der Waals surface area contributed by atoms with Gasteiger partial charge >= 0.3 is 6.09 Å². The van der Waals surface area contributed by atoms with Crippen LogP contribution in [0.1, 0.15) is 65.1 Å². The second-order valence-corrected chi connectivity index (χ2v) is 11.7. The summed E-state index contributed by atoms with van der Waals surface area (Å²) in [5.74, 6) is -0.652. The Balaban J connectivity index is 2.01. The zero-order valence-electron chi connectivity index (χ0n) is 25.1. The number of hydrogen-bond donors (Lipinski definition) is 2. The molecule has 0 spiro atoms. The van der Waals surface area contributed by atoms with Gasteiger partial charge in [0.05, 0.1) is 0 Å². The fourth-order valence-electron chi connectivity index (χ4n) is 4.69. The summed E-state index contributed by atoms with van der Waals surface area (Å²) in [6, 6.07) is 19.5. The molecule has 7 nitrogen and oxygen atoms in total. The maximum Gasteiger partial charge on any atom is 0.408 e. The normalized spacial score (nSPS) is 12.9. The van der Waals surface area contributed by atoms with E-state index >= 15 is 0 Å². The molecule has 3 aromatic rings. The molecule has 0 aromatic heterocycles. The number of fused-ring (bicyclic) bond motifs is 1. The standard InChI is InChI=1S/C34H43N3O4/c1-8-20-37(32(39)29(21-23(3)4)36-33(40)41-34(5,6)7)30(26-16-14-24(9-2)15-17-26)31(38)35-28-19-18-25-12-10-11-13-27(25)22-28/h8,10-19,22-23,29-30H,1,9,20-21H2,2-7H3,(H,35,38)(H,36,40). The fraction of sp³-hybridized carbons (Fsp3) is 0.382. The number of ether oxygens (including phenoxy) is 1. The number of rotatable bonds is 11. The van der Waals surface area contributed by atoms with Crippen LogP contribution in [0.3, 0.4) is 0 Å². The molecule has 41 heavy (non-hydrogen) atoms. The molecule has 0 fully saturated rings. The van der Waals surface area contributed by atoms with E-state index in [1.54, 1.807) is 26.8 Å². The van der Waals surface area contributed by atoms with Crippen molar-refractivity contribution in [3.8, 4) is 0 Å². The molecule has 0 aliphatic rings. The first-order valence-corrected chi connectivity index (χ1v) is 14.2. The van der Waals surface area contributed by atoms with Crippen molar-refractivity contribution in [1.29, 1.82) is 0 Å². The van der Waals surface area contributed by atoms with Gasteiger partial charge in [0.15, 0.2) is 0 Å². The van der Waals surface area contributed by atoms with Gasteiger partial charge in [0, 0.05) is 12.2 Å². The van der Waals surface area contributed by atoms with Crippen LogP contribution in [-0.2, 0) is 20.7 Å². The zero-order valence-corrected chi connectivity index (χ0v) is 25.1. The van der Waals surface area contributed by atoms with Gasteiger partial charge in [0.2, 0.25) is 5.91 Å².